The Morgan fingerprint density at radius 3 is 2.09 bits per heavy atom. The van der Waals surface area contributed by atoms with Crippen molar-refractivity contribution in [2.45, 2.75) is 50.7 Å². The van der Waals surface area contributed by atoms with Gasteiger partial charge in [0, 0.05) is 37.2 Å². The molecule has 1 fully saturated rings. The number of nitrogens with zero attached hydrogens (tertiary/aromatic N) is 2. The summed E-state index contributed by atoms with van der Waals surface area (Å²) in [7, 11) is 0. The van der Waals surface area contributed by atoms with Crippen molar-refractivity contribution in [3.8, 4) is 0 Å². The first-order chi connectivity index (χ1) is 21.1. The number of unbranched alkanes of at least 4 members (excludes halogenated alkanes) is 2. The highest BCUT2D eigenvalue weighted by Gasteiger charge is 2.38. The molecule has 1 heterocycles. The van der Waals surface area contributed by atoms with Gasteiger partial charge >= 0.3 is 18.1 Å². The maximum Gasteiger partial charge on any atom is 0.490 e. The highest BCUT2D eigenvalue weighted by atomic mass is 19.4. The van der Waals surface area contributed by atoms with Crippen LogP contribution in [0.4, 0.5) is 13.2 Å². The molecule has 0 aromatic heterocycles. The van der Waals surface area contributed by atoms with Crippen molar-refractivity contribution in [1.29, 1.82) is 5.41 Å². The average Bonchev–Trinajstić information content (AvgIpc) is 2.97. The number of amides is 4. The lowest BCUT2D eigenvalue weighted by molar-refractivity contribution is -0.192. The van der Waals surface area contributed by atoms with Gasteiger partial charge in [0.15, 0.2) is 0 Å². The molecule has 1 aliphatic rings. The van der Waals surface area contributed by atoms with Crippen molar-refractivity contribution in [3.05, 3.63) is 35.4 Å². The van der Waals surface area contributed by atoms with Gasteiger partial charge in [0.05, 0.1) is 6.54 Å². The predicted molar refractivity (Wildman–Crippen MR) is 153 cm³/mol. The Morgan fingerprint density at radius 1 is 0.956 bits per heavy atom. The molecule has 2 rings (SSSR count). The van der Waals surface area contributed by atoms with Crippen LogP contribution in [0.3, 0.4) is 0 Å². The van der Waals surface area contributed by atoms with Crippen molar-refractivity contribution in [3.63, 3.8) is 0 Å². The quantitative estimate of drug-likeness (QED) is 0.0756. The van der Waals surface area contributed by atoms with Crippen LogP contribution in [-0.2, 0) is 24.0 Å². The summed E-state index contributed by atoms with van der Waals surface area (Å²) in [5.74, 6) is -5.60. The van der Waals surface area contributed by atoms with E-state index in [4.69, 9.17) is 31.9 Å². The number of rotatable bonds is 15. The number of benzene rings is 1. The van der Waals surface area contributed by atoms with Gasteiger partial charge in [-0.05, 0) is 44.4 Å². The molecular weight excluding hydrogens is 607 g/mol. The van der Waals surface area contributed by atoms with E-state index in [1.807, 2.05) is 0 Å². The van der Waals surface area contributed by atoms with Gasteiger partial charge in [-0.3, -0.25) is 29.4 Å². The van der Waals surface area contributed by atoms with E-state index in [-0.39, 0.29) is 43.4 Å². The zero-order chi connectivity index (χ0) is 34.2. The van der Waals surface area contributed by atoms with Crippen LogP contribution in [-0.4, -0.2) is 113 Å². The maximum absolute atomic E-state index is 13.0. The zero-order valence-electron chi connectivity index (χ0n) is 24.4. The average molecular weight is 646 g/mol. The highest BCUT2D eigenvalue weighted by Crippen LogP contribution is 2.17. The Morgan fingerprint density at radius 2 is 1.56 bits per heavy atom. The number of aliphatic carboxylic acids is 2. The summed E-state index contributed by atoms with van der Waals surface area (Å²) >= 11 is 0. The molecule has 45 heavy (non-hydrogen) atoms. The van der Waals surface area contributed by atoms with Crippen molar-refractivity contribution in [2.75, 3.05) is 39.3 Å². The first-order valence-corrected chi connectivity index (χ1v) is 13.9. The number of carbonyl (C=O) groups is 6. The fraction of sp³-hybridized carbons (Fsp3) is 0.519. The molecule has 0 saturated carbocycles. The van der Waals surface area contributed by atoms with Gasteiger partial charge in [-0.25, -0.2) is 4.79 Å². The number of hydrogen-bond donors (Lipinski definition) is 7. The molecule has 0 unspecified atom stereocenters. The molecule has 0 bridgehead atoms. The first kappa shape index (κ1) is 38.3. The number of piperazine rings is 1. The molecule has 15 nitrogen and oxygen atoms in total. The van der Waals surface area contributed by atoms with Crippen LogP contribution in [0.5, 0.6) is 0 Å². The van der Waals surface area contributed by atoms with E-state index in [1.54, 1.807) is 0 Å². The minimum Gasteiger partial charge on any atom is -0.480 e. The lowest BCUT2D eigenvalue weighted by Gasteiger charge is -2.40. The summed E-state index contributed by atoms with van der Waals surface area (Å²) in [5.41, 5.74) is 11.6. The van der Waals surface area contributed by atoms with Crippen LogP contribution >= 0.6 is 0 Å². The number of hydrogen-bond acceptors (Lipinski definition) is 8. The Bertz CT molecular complexity index is 1210. The van der Waals surface area contributed by atoms with E-state index in [0.29, 0.717) is 31.5 Å². The summed E-state index contributed by atoms with van der Waals surface area (Å²) in [4.78, 5) is 73.1. The Balaban J connectivity index is 0.00000129. The summed E-state index contributed by atoms with van der Waals surface area (Å²) < 4.78 is 31.7. The number of nitrogens with one attached hydrogen (secondary N) is 3. The molecular formula is C27H38F3N7O8. The Hall–Kier alpha value is -4.74. The number of halogens is 3. The monoisotopic (exact) mass is 645 g/mol. The number of nitrogen functional groups attached to an aromatic ring is 1. The van der Waals surface area contributed by atoms with E-state index in [1.165, 1.54) is 34.1 Å². The van der Waals surface area contributed by atoms with Gasteiger partial charge in [0.2, 0.25) is 17.7 Å². The molecule has 4 amide bonds. The molecule has 0 spiro atoms. The lowest BCUT2D eigenvalue weighted by Crippen LogP contribution is -2.60. The molecule has 250 valence electrons. The third-order valence-electron chi connectivity index (χ3n) is 6.42. The van der Waals surface area contributed by atoms with Crippen LogP contribution in [0.25, 0.3) is 0 Å². The molecule has 1 aromatic rings. The molecule has 1 saturated heterocycles. The minimum atomic E-state index is -5.08. The minimum absolute atomic E-state index is 0.0629. The van der Waals surface area contributed by atoms with E-state index >= 15 is 0 Å². The van der Waals surface area contributed by atoms with Gasteiger partial charge in [-0.15, -0.1) is 0 Å². The summed E-state index contributed by atoms with van der Waals surface area (Å²) in [5, 5.41) is 29.0. The summed E-state index contributed by atoms with van der Waals surface area (Å²) in [6.45, 7) is 0.266. The zero-order valence-corrected chi connectivity index (χ0v) is 24.4. The molecule has 0 aliphatic carbocycles. The van der Waals surface area contributed by atoms with E-state index in [0.717, 1.165) is 19.3 Å². The topological polar surface area (TPSA) is 249 Å². The van der Waals surface area contributed by atoms with Crippen LogP contribution < -0.4 is 22.1 Å². The van der Waals surface area contributed by atoms with E-state index in [9.17, 15) is 37.1 Å². The molecule has 1 atom stereocenters. The summed E-state index contributed by atoms with van der Waals surface area (Å²) in [6.07, 6.45) is -1.59. The number of alkyl halides is 3. The second kappa shape index (κ2) is 18.8. The second-order valence-corrected chi connectivity index (χ2v) is 9.82. The van der Waals surface area contributed by atoms with Crippen LogP contribution in [0.2, 0.25) is 0 Å². The molecule has 0 radical (unpaired) electrons. The van der Waals surface area contributed by atoms with Crippen molar-refractivity contribution in [1.82, 2.24) is 20.4 Å². The van der Waals surface area contributed by atoms with Gasteiger partial charge in [0.25, 0.3) is 5.91 Å². The molecule has 18 heteroatoms. The van der Waals surface area contributed by atoms with E-state index < -0.39 is 48.4 Å². The standard InChI is InChI=1S/C25H37N7O6.C2HF3O2/c26-11-3-1-2-6-20(33)29-12-4-5-19-25(38)31(16-22(35)36)13-14-32(19)21(34)15-30-24(37)18-9-7-17(8-10-18)23(27)28;3-2(4,5)1(6)7/h7-10,19H,1-6,11-16,26H2,(H3,27,28)(H,29,33)(H,30,37)(H,35,36);(H,6,7)/t19-;/m0./s1. The normalized spacial score (nSPS) is 14.6. The fourth-order valence-electron chi connectivity index (χ4n) is 4.12. The first-order valence-electron chi connectivity index (χ1n) is 13.9. The van der Waals surface area contributed by atoms with Crippen LogP contribution in [0.15, 0.2) is 24.3 Å². The lowest BCUT2D eigenvalue weighted by atomic mass is 10.0. The Labute approximate surface area is 256 Å². The highest BCUT2D eigenvalue weighted by molar-refractivity contribution is 5.99. The SMILES string of the molecule is N=C(N)c1ccc(C(=O)NCC(=O)N2CCN(CC(=O)O)C(=O)[C@@H]2CCCNC(=O)CCCCCN)cc1.O=C(O)C(F)(F)F. The number of carboxylic acid groups (broad SMARTS) is 2. The molecule has 9 N–H and O–H groups in total. The predicted octanol–water partition coefficient (Wildman–Crippen LogP) is -0.127. The smallest absolute Gasteiger partial charge is 0.480 e. The second-order valence-electron chi connectivity index (χ2n) is 9.82. The van der Waals surface area contributed by atoms with Gasteiger partial charge in [0.1, 0.15) is 18.4 Å². The fourth-order valence-corrected chi connectivity index (χ4v) is 4.12. The van der Waals surface area contributed by atoms with E-state index in [2.05, 4.69) is 10.6 Å². The van der Waals surface area contributed by atoms with Gasteiger partial charge in [-0.1, -0.05) is 18.6 Å². The summed E-state index contributed by atoms with van der Waals surface area (Å²) in [6, 6.07) is 5.12. The van der Waals surface area contributed by atoms with Gasteiger partial charge in [-0.2, -0.15) is 13.2 Å². The molecule has 1 aliphatic heterocycles. The Kier molecular flexibility index (Phi) is 16.0. The maximum atomic E-state index is 13.0. The molecule has 1 aromatic carbocycles. The van der Waals surface area contributed by atoms with Crippen molar-refractivity contribution >= 4 is 41.4 Å². The third kappa shape index (κ3) is 14.1. The number of amidine groups is 1. The van der Waals surface area contributed by atoms with Crippen LogP contribution in [0, 0.1) is 5.41 Å². The van der Waals surface area contributed by atoms with Gasteiger partial charge < -0.3 is 42.1 Å². The number of carboxylic acids is 2. The van der Waals surface area contributed by atoms with Crippen molar-refractivity contribution in [2.24, 2.45) is 11.5 Å². The van der Waals surface area contributed by atoms with Crippen LogP contribution in [0.1, 0.15) is 54.4 Å². The third-order valence-corrected chi connectivity index (χ3v) is 6.42. The number of carbonyl (C=O) groups excluding carboxylic acids is 4. The van der Waals surface area contributed by atoms with Crippen molar-refractivity contribution < 1.29 is 52.2 Å². The largest absolute Gasteiger partial charge is 0.490 e. The number of nitrogens with two attached hydrogens (primary N) is 2.